The second-order valence-corrected chi connectivity index (χ2v) is 6.01. The Bertz CT molecular complexity index is 1070. The van der Waals surface area contributed by atoms with Gasteiger partial charge in [0.15, 0.2) is 0 Å². The number of para-hydroxylation sites is 1. The number of halogens is 1. The Balaban J connectivity index is 1.58. The molecule has 0 saturated carbocycles. The number of hydrogen-bond donors (Lipinski definition) is 0. The summed E-state index contributed by atoms with van der Waals surface area (Å²) in [7, 11) is 0. The standard InChI is InChI=1S/C19H13ClN4O3/c1-12-16(17(20)24(23-12)14-5-3-2-4-6-14)19(25)27-15-9-7-13(8-10-15)18-22-21-11-26-18/h2-11H,1H3. The Morgan fingerprint density at radius 2 is 1.85 bits per heavy atom. The van der Waals surface area contributed by atoms with Gasteiger partial charge in [0.25, 0.3) is 0 Å². The average molecular weight is 381 g/mol. The Kier molecular flexibility index (Phi) is 4.43. The van der Waals surface area contributed by atoms with Crippen molar-refractivity contribution >= 4 is 17.6 Å². The fraction of sp³-hybridized carbons (Fsp3) is 0.0526. The molecule has 2 aromatic carbocycles. The molecule has 0 aliphatic heterocycles. The maximum atomic E-state index is 12.6. The van der Waals surface area contributed by atoms with Crippen LogP contribution in [0.25, 0.3) is 17.1 Å². The van der Waals surface area contributed by atoms with Crippen molar-refractivity contribution < 1.29 is 13.9 Å². The molecule has 0 bridgehead atoms. The number of nitrogens with zero attached hydrogens (tertiary/aromatic N) is 4. The van der Waals surface area contributed by atoms with Crippen LogP contribution in [0, 0.1) is 6.92 Å². The van der Waals surface area contributed by atoms with Crippen LogP contribution in [0.5, 0.6) is 5.75 Å². The molecule has 4 aromatic rings. The van der Waals surface area contributed by atoms with Crippen LogP contribution in [0.3, 0.4) is 0 Å². The molecule has 0 spiro atoms. The number of hydrogen-bond acceptors (Lipinski definition) is 6. The summed E-state index contributed by atoms with van der Waals surface area (Å²) in [5.74, 6) is 0.173. The van der Waals surface area contributed by atoms with Crippen molar-refractivity contribution in [3.63, 3.8) is 0 Å². The Hall–Kier alpha value is -3.45. The van der Waals surface area contributed by atoms with Crippen molar-refractivity contribution in [1.82, 2.24) is 20.0 Å². The second kappa shape index (κ2) is 7.05. The first-order chi connectivity index (χ1) is 13.1. The van der Waals surface area contributed by atoms with Crippen molar-refractivity contribution in [3.05, 3.63) is 77.4 Å². The van der Waals surface area contributed by atoms with Gasteiger partial charge < -0.3 is 9.15 Å². The SMILES string of the molecule is Cc1nn(-c2ccccc2)c(Cl)c1C(=O)Oc1ccc(-c2nnco2)cc1. The van der Waals surface area contributed by atoms with Gasteiger partial charge in [-0.3, -0.25) is 0 Å². The highest BCUT2D eigenvalue weighted by atomic mass is 35.5. The first-order valence-corrected chi connectivity index (χ1v) is 8.40. The zero-order chi connectivity index (χ0) is 18.8. The van der Waals surface area contributed by atoms with Gasteiger partial charge in [-0.25, -0.2) is 9.48 Å². The number of benzene rings is 2. The van der Waals surface area contributed by atoms with Crippen LogP contribution in [0.4, 0.5) is 0 Å². The van der Waals surface area contributed by atoms with Crippen LogP contribution in [0.15, 0.2) is 65.4 Å². The molecule has 0 atom stereocenters. The minimum absolute atomic E-state index is 0.200. The van der Waals surface area contributed by atoms with Gasteiger partial charge in [0.1, 0.15) is 16.5 Å². The van der Waals surface area contributed by atoms with Crippen LogP contribution in [-0.4, -0.2) is 25.9 Å². The molecule has 8 heteroatoms. The lowest BCUT2D eigenvalue weighted by molar-refractivity contribution is 0.0734. The molecule has 134 valence electrons. The summed E-state index contributed by atoms with van der Waals surface area (Å²) >= 11 is 6.39. The lowest BCUT2D eigenvalue weighted by Crippen LogP contribution is -2.10. The number of aromatic nitrogens is 4. The quantitative estimate of drug-likeness (QED) is 0.391. The van der Waals surface area contributed by atoms with Gasteiger partial charge >= 0.3 is 5.97 Å². The van der Waals surface area contributed by atoms with E-state index >= 15 is 0 Å². The van der Waals surface area contributed by atoms with Crippen LogP contribution in [0.2, 0.25) is 5.15 Å². The molecule has 0 aliphatic carbocycles. The predicted molar refractivity (Wildman–Crippen MR) is 98.0 cm³/mol. The van der Waals surface area contributed by atoms with E-state index in [2.05, 4.69) is 15.3 Å². The molecule has 4 rings (SSSR count). The molecule has 0 saturated heterocycles. The highest BCUT2D eigenvalue weighted by Gasteiger charge is 2.23. The molecule has 27 heavy (non-hydrogen) atoms. The Morgan fingerprint density at radius 1 is 1.11 bits per heavy atom. The third-order valence-electron chi connectivity index (χ3n) is 3.88. The van der Waals surface area contributed by atoms with Crippen LogP contribution in [-0.2, 0) is 0 Å². The largest absolute Gasteiger partial charge is 0.423 e. The van der Waals surface area contributed by atoms with Crippen molar-refractivity contribution in [2.24, 2.45) is 0 Å². The summed E-state index contributed by atoms with van der Waals surface area (Å²) < 4.78 is 12.1. The molecular weight excluding hydrogens is 368 g/mol. The van der Waals surface area contributed by atoms with Crippen LogP contribution < -0.4 is 4.74 Å². The number of ether oxygens (including phenoxy) is 1. The molecule has 0 radical (unpaired) electrons. The van der Waals surface area contributed by atoms with Crippen molar-refractivity contribution in [3.8, 4) is 22.9 Å². The third-order valence-corrected chi connectivity index (χ3v) is 4.23. The second-order valence-electron chi connectivity index (χ2n) is 5.66. The van der Waals surface area contributed by atoms with Crippen molar-refractivity contribution in [2.75, 3.05) is 0 Å². The molecule has 0 N–H and O–H groups in total. The number of esters is 1. The number of carbonyl (C=O) groups is 1. The lowest BCUT2D eigenvalue weighted by Gasteiger charge is -2.05. The minimum Gasteiger partial charge on any atom is -0.423 e. The number of carbonyl (C=O) groups excluding carboxylic acids is 1. The smallest absolute Gasteiger partial charge is 0.348 e. The normalized spacial score (nSPS) is 10.7. The number of rotatable bonds is 4. The van der Waals surface area contributed by atoms with Crippen molar-refractivity contribution in [1.29, 1.82) is 0 Å². The van der Waals surface area contributed by atoms with E-state index in [9.17, 15) is 4.79 Å². The summed E-state index contributed by atoms with van der Waals surface area (Å²) in [6.45, 7) is 1.71. The average Bonchev–Trinajstić information content (AvgIpc) is 3.31. The monoisotopic (exact) mass is 380 g/mol. The molecule has 2 aromatic heterocycles. The van der Waals surface area contributed by atoms with E-state index in [1.54, 1.807) is 31.2 Å². The van der Waals surface area contributed by atoms with E-state index < -0.39 is 5.97 Å². The van der Waals surface area contributed by atoms with Gasteiger partial charge in [-0.2, -0.15) is 5.10 Å². The summed E-state index contributed by atoms with van der Waals surface area (Å²) in [6.07, 6.45) is 1.25. The molecule has 0 unspecified atom stereocenters. The van der Waals surface area contributed by atoms with Crippen LogP contribution in [0.1, 0.15) is 16.1 Å². The fourth-order valence-corrected chi connectivity index (χ4v) is 2.94. The van der Waals surface area contributed by atoms with E-state index in [0.29, 0.717) is 17.3 Å². The van der Waals surface area contributed by atoms with Gasteiger partial charge in [0, 0.05) is 5.56 Å². The van der Waals surface area contributed by atoms with Gasteiger partial charge in [0.2, 0.25) is 12.3 Å². The zero-order valence-electron chi connectivity index (χ0n) is 14.2. The molecular formula is C19H13ClN4O3. The van der Waals surface area contributed by atoms with Crippen LogP contribution >= 0.6 is 11.6 Å². The van der Waals surface area contributed by atoms with Gasteiger partial charge in [0.05, 0.1) is 11.4 Å². The molecule has 0 fully saturated rings. The lowest BCUT2D eigenvalue weighted by atomic mass is 10.2. The van der Waals surface area contributed by atoms with E-state index in [1.165, 1.54) is 11.1 Å². The van der Waals surface area contributed by atoms with E-state index in [4.69, 9.17) is 20.8 Å². The summed E-state index contributed by atoms with van der Waals surface area (Å²) in [5.41, 5.74) is 2.19. The van der Waals surface area contributed by atoms with Gasteiger partial charge in [-0.05, 0) is 43.3 Å². The molecule has 0 amide bonds. The summed E-state index contributed by atoms with van der Waals surface area (Å²) in [6, 6.07) is 16.0. The fourth-order valence-electron chi connectivity index (χ4n) is 2.59. The molecule has 2 heterocycles. The van der Waals surface area contributed by atoms with E-state index in [-0.39, 0.29) is 10.7 Å². The maximum Gasteiger partial charge on any atom is 0.348 e. The number of aryl methyl sites for hydroxylation is 1. The topological polar surface area (TPSA) is 83.0 Å². The van der Waals surface area contributed by atoms with Gasteiger partial charge in [-0.15, -0.1) is 10.2 Å². The van der Waals surface area contributed by atoms with E-state index in [0.717, 1.165) is 11.3 Å². The Labute approximate surface area is 159 Å². The highest BCUT2D eigenvalue weighted by Crippen LogP contribution is 2.26. The highest BCUT2D eigenvalue weighted by molar-refractivity contribution is 6.33. The predicted octanol–water partition coefficient (Wildman–Crippen LogP) is 4.10. The van der Waals surface area contributed by atoms with Crippen molar-refractivity contribution in [2.45, 2.75) is 6.92 Å². The van der Waals surface area contributed by atoms with E-state index in [1.807, 2.05) is 30.3 Å². The molecule has 0 aliphatic rings. The third kappa shape index (κ3) is 3.32. The summed E-state index contributed by atoms with van der Waals surface area (Å²) in [5, 5.41) is 12.0. The zero-order valence-corrected chi connectivity index (χ0v) is 14.9. The molecule has 7 nitrogen and oxygen atoms in total. The minimum atomic E-state index is -0.578. The first kappa shape index (κ1) is 17.0. The maximum absolute atomic E-state index is 12.6. The summed E-state index contributed by atoms with van der Waals surface area (Å²) in [4.78, 5) is 12.6. The van der Waals surface area contributed by atoms with Gasteiger partial charge in [-0.1, -0.05) is 29.8 Å². The Morgan fingerprint density at radius 3 is 2.52 bits per heavy atom. The first-order valence-electron chi connectivity index (χ1n) is 8.03.